The van der Waals surface area contributed by atoms with Crippen molar-refractivity contribution in [3.8, 4) is 0 Å². The molecule has 2 heterocycles. The number of rotatable bonds is 5. The fourth-order valence-corrected chi connectivity index (χ4v) is 3.29. The average Bonchev–Trinajstić information content (AvgIpc) is 2.90. The third-order valence-electron chi connectivity index (χ3n) is 4.65. The van der Waals surface area contributed by atoms with Gasteiger partial charge in [0.25, 0.3) is 0 Å². The van der Waals surface area contributed by atoms with Crippen LogP contribution in [-0.4, -0.2) is 74.3 Å². The molecule has 1 aromatic carbocycles. The van der Waals surface area contributed by atoms with E-state index in [1.54, 1.807) is 17.0 Å². The monoisotopic (exact) mass is 428 g/mol. The second-order valence-corrected chi connectivity index (χ2v) is 6.84. The molecule has 0 aliphatic carbocycles. The fraction of sp³-hybridized carbons (Fsp3) is 0.471. The molecule has 3 rings (SSSR count). The van der Waals surface area contributed by atoms with E-state index in [1.807, 2.05) is 0 Å². The Morgan fingerprint density at radius 2 is 2.14 bits per heavy atom. The summed E-state index contributed by atoms with van der Waals surface area (Å²) >= 11 is 5.42. The van der Waals surface area contributed by atoms with Crippen molar-refractivity contribution in [2.45, 2.75) is 6.10 Å². The van der Waals surface area contributed by atoms with Gasteiger partial charge in [-0.1, -0.05) is 0 Å². The summed E-state index contributed by atoms with van der Waals surface area (Å²) < 4.78 is 20.0. The first kappa shape index (κ1) is 20.9. The Kier molecular flexibility index (Phi) is 6.60. The number of alkyl halides is 1. The number of urea groups is 1. The fourth-order valence-electron chi connectivity index (χ4n) is 3.19. The van der Waals surface area contributed by atoms with Crippen molar-refractivity contribution in [3.63, 3.8) is 0 Å². The van der Waals surface area contributed by atoms with E-state index in [-0.39, 0.29) is 24.9 Å². The molecule has 1 aromatic rings. The number of amides is 4. The number of hydrazine groups is 1. The number of nitrogens with zero attached hydrogens (tertiary/aromatic N) is 3. The molecular formula is C17H22ClFN6O4. The highest BCUT2D eigenvalue weighted by molar-refractivity contribution is 6.27. The summed E-state index contributed by atoms with van der Waals surface area (Å²) in [4.78, 5) is 37.7. The quantitative estimate of drug-likeness (QED) is 0.577. The summed E-state index contributed by atoms with van der Waals surface area (Å²) in [5, 5.41) is 3.84. The van der Waals surface area contributed by atoms with Crippen molar-refractivity contribution in [2.24, 2.45) is 5.73 Å². The van der Waals surface area contributed by atoms with Crippen LogP contribution in [0, 0.1) is 5.82 Å². The van der Waals surface area contributed by atoms with E-state index in [2.05, 4.69) is 10.7 Å². The lowest BCUT2D eigenvalue weighted by Crippen LogP contribution is -2.46. The van der Waals surface area contributed by atoms with E-state index < -0.39 is 24.0 Å². The molecule has 0 spiro atoms. The number of carbonyl (C=O) groups is 3. The lowest BCUT2D eigenvalue weighted by atomic mass is 10.2. The van der Waals surface area contributed by atoms with Crippen LogP contribution in [0.3, 0.4) is 0 Å². The van der Waals surface area contributed by atoms with E-state index in [9.17, 15) is 18.8 Å². The Balaban J connectivity index is 1.65. The highest BCUT2D eigenvalue weighted by Gasteiger charge is 2.33. The maximum absolute atomic E-state index is 14.8. The van der Waals surface area contributed by atoms with Gasteiger partial charge >= 0.3 is 12.1 Å². The predicted octanol–water partition coefficient (Wildman–Crippen LogP) is 0.211. The number of primary amides is 1. The van der Waals surface area contributed by atoms with Crippen LogP contribution in [0.5, 0.6) is 0 Å². The van der Waals surface area contributed by atoms with Gasteiger partial charge in [0.15, 0.2) is 0 Å². The van der Waals surface area contributed by atoms with Crippen LogP contribution in [0.25, 0.3) is 0 Å². The molecule has 10 nitrogen and oxygen atoms in total. The number of ether oxygens (including phenoxy) is 1. The van der Waals surface area contributed by atoms with Gasteiger partial charge < -0.3 is 20.7 Å². The van der Waals surface area contributed by atoms with Gasteiger partial charge in [0.05, 0.1) is 31.0 Å². The summed E-state index contributed by atoms with van der Waals surface area (Å²) in [5.74, 6) is -1.04. The zero-order chi connectivity index (χ0) is 21.0. The SMILES string of the molecule is NC(=O)N1CCN(c2ccc(N3CC(CNC(=O)CCl)OC3=O)cc2F)CCN1. The molecular weight excluding hydrogens is 407 g/mol. The second-order valence-electron chi connectivity index (χ2n) is 6.57. The Hall–Kier alpha value is -2.79. The van der Waals surface area contributed by atoms with E-state index in [1.165, 1.54) is 16.0 Å². The number of cyclic esters (lactones) is 1. The molecule has 1 atom stereocenters. The minimum Gasteiger partial charge on any atom is -0.442 e. The van der Waals surface area contributed by atoms with E-state index in [4.69, 9.17) is 22.1 Å². The zero-order valence-electron chi connectivity index (χ0n) is 15.6. The first-order valence-corrected chi connectivity index (χ1v) is 9.58. The van der Waals surface area contributed by atoms with Crippen LogP contribution in [0.15, 0.2) is 18.2 Å². The van der Waals surface area contributed by atoms with Crippen molar-refractivity contribution in [1.29, 1.82) is 0 Å². The van der Waals surface area contributed by atoms with Crippen LogP contribution >= 0.6 is 11.6 Å². The number of carbonyl (C=O) groups excluding carboxylic acids is 3. The molecule has 2 fully saturated rings. The number of anilines is 2. The van der Waals surface area contributed by atoms with Gasteiger partial charge in [0.2, 0.25) is 5.91 Å². The Labute approximate surface area is 171 Å². The first-order valence-electron chi connectivity index (χ1n) is 9.05. The average molecular weight is 429 g/mol. The topological polar surface area (TPSA) is 120 Å². The number of hydrogen-bond donors (Lipinski definition) is 3. The number of benzene rings is 1. The number of nitrogens with two attached hydrogens (primary N) is 1. The maximum atomic E-state index is 14.8. The number of hydrogen-bond acceptors (Lipinski definition) is 6. The minimum absolute atomic E-state index is 0.130. The molecule has 0 bridgehead atoms. The van der Waals surface area contributed by atoms with Crippen LogP contribution in [0.1, 0.15) is 0 Å². The summed E-state index contributed by atoms with van der Waals surface area (Å²) in [7, 11) is 0. The summed E-state index contributed by atoms with van der Waals surface area (Å²) in [5.41, 5.74) is 8.86. The molecule has 4 amide bonds. The van der Waals surface area contributed by atoms with Crippen LogP contribution in [-0.2, 0) is 9.53 Å². The third kappa shape index (κ3) is 4.98. The maximum Gasteiger partial charge on any atom is 0.414 e. The lowest BCUT2D eigenvalue weighted by molar-refractivity contribution is -0.119. The molecule has 0 saturated carbocycles. The van der Waals surface area contributed by atoms with Crippen molar-refractivity contribution in [3.05, 3.63) is 24.0 Å². The molecule has 2 saturated heterocycles. The minimum atomic E-state index is -0.613. The van der Waals surface area contributed by atoms with Gasteiger partial charge in [-0.15, -0.1) is 11.6 Å². The smallest absolute Gasteiger partial charge is 0.414 e. The Morgan fingerprint density at radius 1 is 1.34 bits per heavy atom. The van der Waals surface area contributed by atoms with Crippen molar-refractivity contribution < 1.29 is 23.5 Å². The standard InChI is InChI=1S/C17H22ClFN6O4/c18-8-15(26)21-9-12-10-24(17(28)29-12)11-1-2-14(13(19)7-11)23-4-3-22-25(6-5-23)16(20)27/h1-2,7,12,22H,3-6,8-10H2,(H2,20,27)(H,21,26). The largest absolute Gasteiger partial charge is 0.442 e. The summed E-state index contributed by atoms with van der Waals surface area (Å²) in [6.45, 7) is 1.93. The summed E-state index contributed by atoms with van der Waals surface area (Å²) in [6.07, 6.45) is -1.16. The number of nitrogens with one attached hydrogen (secondary N) is 2. The van der Waals surface area contributed by atoms with Gasteiger partial charge in [-0.3, -0.25) is 14.7 Å². The molecule has 0 aromatic heterocycles. The first-order chi connectivity index (χ1) is 13.9. The molecule has 2 aliphatic heterocycles. The third-order valence-corrected chi connectivity index (χ3v) is 4.89. The van der Waals surface area contributed by atoms with Gasteiger partial charge in [-0.25, -0.2) is 19.4 Å². The molecule has 2 aliphatic rings. The van der Waals surface area contributed by atoms with Gasteiger partial charge in [-0.05, 0) is 18.2 Å². The van der Waals surface area contributed by atoms with Crippen molar-refractivity contribution in [1.82, 2.24) is 15.8 Å². The van der Waals surface area contributed by atoms with Gasteiger partial charge in [0.1, 0.15) is 17.8 Å². The number of halogens is 2. The van der Waals surface area contributed by atoms with Crippen LogP contribution in [0.2, 0.25) is 0 Å². The summed E-state index contributed by atoms with van der Waals surface area (Å²) in [6, 6.07) is 3.89. The molecule has 158 valence electrons. The Morgan fingerprint density at radius 3 is 2.83 bits per heavy atom. The molecule has 12 heteroatoms. The van der Waals surface area contributed by atoms with Crippen LogP contribution in [0.4, 0.5) is 25.4 Å². The van der Waals surface area contributed by atoms with E-state index in [0.717, 1.165) is 0 Å². The highest BCUT2D eigenvalue weighted by Crippen LogP contribution is 2.28. The van der Waals surface area contributed by atoms with Gasteiger partial charge in [0, 0.05) is 19.6 Å². The molecule has 4 N–H and O–H groups in total. The molecule has 29 heavy (non-hydrogen) atoms. The predicted molar refractivity (Wildman–Crippen MR) is 104 cm³/mol. The highest BCUT2D eigenvalue weighted by atomic mass is 35.5. The zero-order valence-corrected chi connectivity index (χ0v) is 16.3. The second kappa shape index (κ2) is 9.14. The normalized spacial score (nSPS) is 19.7. The van der Waals surface area contributed by atoms with E-state index >= 15 is 0 Å². The van der Waals surface area contributed by atoms with Gasteiger partial charge in [-0.2, -0.15) is 0 Å². The Bertz CT molecular complexity index is 797. The van der Waals surface area contributed by atoms with Crippen LogP contribution < -0.4 is 26.3 Å². The molecule has 0 radical (unpaired) electrons. The van der Waals surface area contributed by atoms with E-state index in [0.29, 0.717) is 37.6 Å². The molecule has 1 unspecified atom stereocenters. The van der Waals surface area contributed by atoms with Crippen molar-refractivity contribution >= 4 is 41.0 Å². The lowest BCUT2D eigenvalue weighted by Gasteiger charge is -2.24. The van der Waals surface area contributed by atoms with Crippen molar-refractivity contribution in [2.75, 3.05) is 54.9 Å².